The van der Waals surface area contributed by atoms with Crippen molar-refractivity contribution in [3.05, 3.63) is 45.7 Å². The van der Waals surface area contributed by atoms with Gasteiger partial charge in [0.25, 0.3) is 0 Å². The summed E-state index contributed by atoms with van der Waals surface area (Å²) < 4.78 is 2.57. The normalized spacial score (nSPS) is 10.1. The van der Waals surface area contributed by atoms with Crippen molar-refractivity contribution in [1.82, 2.24) is 9.78 Å². The fraction of sp³-hybridized carbons (Fsp3) is 0.214. The van der Waals surface area contributed by atoms with Crippen LogP contribution in [0.3, 0.4) is 0 Å². The zero-order chi connectivity index (χ0) is 14.7. The molecular formula is C14H13BrN4O. The summed E-state index contributed by atoms with van der Waals surface area (Å²) in [5, 5.41) is 15.8. The van der Waals surface area contributed by atoms with Crippen LogP contribution in [0.1, 0.15) is 17.0 Å². The van der Waals surface area contributed by atoms with E-state index in [1.807, 2.05) is 19.9 Å². The van der Waals surface area contributed by atoms with Crippen molar-refractivity contribution in [2.45, 2.75) is 20.4 Å². The Hall–Kier alpha value is -2.13. The third-order valence-corrected chi connectivity index (χ3v) is 4.03. The Morgan fingerprint density at radius 1 is 1.40 bits per heavy atom. The summed E-state index contributed by atoms with van der Waals surface area (Å²) in [4.78, 5) is 12.0. The fourth-order valence-corrected chi connectivity index (χ4v) is 2.08. The van der Waals surface area contributed by atoms with E-state index in [9.17, 15) is 4.79 Å². The Bertz CT molecular complexity index is 682. The van der Waals surface area contributed by atoms with Gasteiger partial charge in [-0.1, -0.05) is 0 Å². The largest absolute Gasteiger partial charge is 0.324 e. The van der Waals surface area contributed by atoms with Gasteiger partial charge in [-0.2, -0.15) is 10.4 Å². The predicted octanol–water partition coefficient (Wildman–Crippen LogP) is 2.77. The molecule has 102 valence electrons. The summed E-state index contributed by atoms with van der Waals surface area (Å²) in [5.41, 5.74) is 2.99. The number of nitrogens with zero attached hydrogens (tertiary/aromatic N) is 3. The maximum Gasteiger partial charge on any atom is 0.246 e. The molecule has 1 amide bonds. The number of hydrogen-bond donors (Lipinski definition) is 1. The Kier molecular flexibility index (Phi) is 4.20. The van der Waals surface area contributed by atoms with E-state index >= 15 is 0 Å². The lowest BCUT2D eigenvalue weighted by Crippen LogP contribution is -2.20. The van der Waals surface area contributed by atoms with Crippen LogP contribution in [0, 0.1) is 25.2 Å². The van der Waals surface area contributed by atoms with Crippen molar-refractivity contribution in [1.29, 1.82) is 5.26 Å². The number of nitriles is 1. The molecule has 2 aromatic rings. The van der Waals surface area contributed by atoms with Gasteiger partial charge in [0, 0.05) is 5.69 Å². The zero-order valence-electron chi connectivity index (χ0n) is 11.1. The number of halogens is 1. The molecule has 6 heteroatoms. The van der Waals surface area contributed by atoms with Crippen LogP contribution in [-0.4, -0.2) is 15.7 Å². The first-order valence-electron chi connectivity index (χ1n) is 6.01. The molecule has 0 aliphatic rings. The van der Waals surface area contributed by atoms with E-state index in [4.69, 9.17) is 5.26 Å². The van der Waals surface area contributed by atoms with E-state index in [0.29, 0.717) is 11.3 Å². The van der Waals surface area contributed by atoms with Crippen LogP contribution in [0.25, 0.3) is 0 Å². The molecule has 5 nitrogen and oxygen atoms in total. The summed E-state index contributed by atoms with van der Waals surface area (Å²) in [6.45, 7) is 3.93. The van der Waals surface area contributed by atoms with E-state index in [-0.39, 0.29) is 12.5 Å². The molecule has 1 heterocycles. The number of nitrogens with one attached hydrogen (secondary N) is 1. The van der Waals surface area contributed by atoms with Crippen molar-refractivity contribution in [3.8, 4) is 6.07 Å². The lowest BCUT2D eigenvalue weighted by atomic mass is 10.2. The minimum atomic E-state index is -0.159. The van der Waals surface area contributed by atoms with Gasteiger partial charge in [0.1, 0.15) is 6.54 Å². The molecule has 0 aliphatic carbocycles. The molecule has 0 fully saturated rings. The molecule has 0 saturated carbocycles. The van der Waals surface area contributed by atoms with Gasteiger partial charge in [0.2, 0.25) is 5.91 Å². The van der Waals surface area contributed by atoms with Crippen LogP contribution >= 0.6 is 15.9 Å². The number of aryl methyl sites for hydroxylation is 1. The monoisotopic (exact) mass is 332 g/mol. The van der Waals surface area contributed by atoms with Gasteiger partial charge in [0.15, 0.2) is 0 Å². The van der Waals surface area contributed by atoms with Crippen molar-refractivity contribution >= 4 is 27.5 Å². The molecule has 0 bridgehead atoms. The second-order valence-electron chi connectivity index (χ2n) is 4.38. The Labute approximate surface area is 125 Å². The van der Waals surface area contributed by atoms with E-state index < -0.39 is 0 Å². The van der Waals surface area contributed by atoms with E-state index in [2.05, 4.69) is 26.3 Å². The third kappa shape index (κ3) is 3.06. The Morgan fingerprint density at radius 2 is 2.05 bits per heavy atom. The smallest absolute Gasteiger partial charge is 0.246 e. The van der Waals surface area contributed by atoms with Crippen LogP contribution < -0.4 is 5.32 Å². The molecule has 0 aliphatic heterocycles. The quantitative estimate of drug-likeness (QED) is 0.939. The van der Waals surface area contributed by atoms with Crippen LogP contribution in [0.5, 0.6) is 0 Å². The lowest BCUT2D eigenvalue weighted by Gasteiger charge is -2.06. The maximum absolute atomic E-state index is 12.0. The Morgan fingerprint density at radius 3 is 2.55 bits per heavy atom. The van der Waals surface area contributed by atoms with Gasteiger partial charge < -0.3 is 5.32 Å². The molecule has 20 heavy (non-hydrogen) atoms. The minimum Gasteiger partial charge on any atom is -0.324 e. The van der Waals surface area contributed by atoms with Crippen molar-refractivity contribution in [2.24, 2.45) is 0 Å². The minimum absolute atomic E-state index is 0.151. The highest BCUT2D eigenvalue weighted by Gasteiger charge is 2.11. The predicted molar refractivity (Wildman–Crippen MR) is 79.2 cm³/mol. The number of amides is 1. The van der Waals surface area contributed by atoms with Crippen molar-refractivity contribution in [2.75, 3.05) is 5.32 Å². The highest BCUT2D eigenvalue weighted by Crippen LogP contribution is 2.19. The number of anilines is 1. The van der Waals surface area contributed by atoms with E-state index in [0.717, 1.165) is 15.9 Å². The maximum atomic E-state index is 12.0. The van der Waals surface area contributed by atoms with Crippen LogP contribution in [0.4, 0.5) is 5.69 Å². The molecule has 0 atom stereocenters. The number of hydrogen-bond acceptors (Lipinski definition) is 3. The molecule has 1 N–H and O–H groups in total. The summed E-state index contributed by atoms with van der Waals surface area (Å²) in [6, 6.07) is 8.76. The van der Waals surface area contributed by atoms with Crippen LogP contribution in [0.15, 0.2) is 28.7 Å². The summed E-state index contributed by atoms with van der Waals surface area (Å²) in [5.74, 6) is -0.159. The SMILES string of the molecule is Cc1nn(CC(=O)Nc2ccc(C#N)cc2)c(C)c1Br. The molecule has 0 spiro atoms. The van der Waals surface area contributed by atoms with Crippen molar-refractivity contribution in [3.63, 3.8) is 0 Å². The molecule has 0 unspecified atom stereocenters. The van der Waals surface area contributed by atoms with Crippen LogP contribution in [0.2, 0.25) is 0 Å². The van der Waals surface area contributed by atoms with Gasteiger partial charge >= 0.3 is 0 Å². The molecule has 2 rings (SSSR count). The first-order valence-corrected chi connectivity index (χ1v) is 6.80. The average molecular weight is 333 g/mol. The zero-order valence-corrected chi connectivity index (χ0v) is 12.7. The standard InChI is InChI=1S/C14H13BrN4O/c1-9-14(15)10(2)19(18-9)8-13(20)17-12-5-3-11(7-16)4-6-12/h3-6H,8H2,1-2H3,(H,17,20). The van der Waals surface area contributed by atoms with Crippen LogP contribution in [-0.2, 0) is 11.3 Å². The number of aromatic nitrogens is 2. The molecular weight excluding hydrogens is 320 g/mol. The molecule has 0 saturated heterocycles. The third-order valence-electron chi connectivity index (χ3n) is 2.88. The second-order valence-corrected chi connectivity index (χ2v) is 5.17. The topological polar surface area (TPSA) is 70.7 Å². The molecule has 1 aromatic carbocycles. The van der Waals surface area contributed by atoms with Gasteiger partial charge in [-0.3, -0.25) is 9.48 Å². The molecule has 0 radical (unpaired) electrons. The van der Waals surface area contributed by atoms with Gasteiger partial charge in [-0.15, -0.1) is 0 Å². The van der Waals surface area contributed by atoms with Gasteiger partial charge in [0.05, 0.1) is 27.5 Å². The van der Waals surface area contributed by atoms with Crippen molar-refractivity contribution < 1.29 is 4.79 Å². The van der Waals surface area contributed by atoms with E-state index in [1.165, 1.54) is 0 Å². The summed E-state index contributed by atoms with van der Waals surface area (Å²) >= 11 is 3.43. The van der Waals surface area contributed by atoms with Gasteiger partial charge in [-0.05, 0) is 54.0 Å². The fourth-order valence-electron chi connectivity index (χ4n) is 1.79. The first kappa shape index (κ1) is 14.3. The Balaban J connectivity index is 2.05. The molecule has 1 aromatic heterocycles. The highest BCUT2D eigenvalue weighted by atomic mass is 79.9. The first-order chi connectivity index (χ1) is 9.51. The lowest BCUT2D eigenvalue weighted by molar-refractivity contribution is -0.116. The number of carbonyl (C=O) groups excluding carboxylic acids is 1. The number of rotatable bonds is 3. The highest BCUT2D eigenvalue weighted by molar-refractivity contribution is 9.10. The average Bonchev–Trinajstić information content (AvgIpc) is 2.67. The number of carbonyl (C=O) groups is 1. The summed E-state index contributed by atoms with van der Waals surface area (Å²) in [7, 11) is 0. The van der Waals surface area contributed by atoms with Gasteiger partial charge in [-0.25, -0.2) is 0 Å². The summed E-state index contributed by atoms with van der Waals surface area (Å²) in [6.07, 6.45) is 0. The number of benzene rings is 1. The van der Waals surface area contributed by atoms with E-state index in [1.54, 1.807) is 28.9 Å². The second kappa shape index (κ2) is 5.88.